The minimum atomic E-state index is 0.399. The maximum atomic E-state index is 5.98. The molecule has 0 spiro atoms. The van der Waals surface area contributed by atoms with Crippen molar-refractivity contribution in [1.29, 1.82) is 0 Å². The average Bonchev–Trinajstić information content (AvgIpc) is 2.71. The van der Waals surface area contributed by atoms with Crippen LogP contribution in [-0.4, -0.2) is 18.7 Å². The van der Waals surface area contributed by atoms with Crippen LogP contribution in [0.15, 0.2) is 18.2 Å². The largest absolute Gasteiger partial charge is 0.490 e. The van der Waals surface area contributed by atoms with Crippen LogP contribution in [0.4, 0.5) is 0 Å². The molecule has 100 valence electrons. The maximum Gasteiger partial charge on any atom is 0.123 e. The summed E-state index contributed by atoms with van der Waals surface area (Å²) in [5.41, 5.74) is 2.72. The molecule has 2 atom stereocenters. The lowest BCUT2D eigenvalue weighted by Gasteiger charge is -2.14. The fraction of sp³-hybridized carbons (Fsp3) is 0.625. The van der Waals surface area contributed by atoms with Crippen molar-refractivity contribution >= 4 is 0 Å². The van der Waals surface area contributed by atoms with Crippen LogP contribution in [0.3, 0.4) is 0 Å². The number of hydrogen-bond acceptors (Lipinski definition) is 2. The topological polar surface area (TPSA) is 21.3 Å². The zero-order valence-electron chi connectivity index (χ0n) is 11.8. The minimum Gasteiger partial charge on any atom is -0.490 e. The number of fused-ring (bicyclic) bond motifs is 1. The Morgan fingerprint density at radius 2 is 2.28 bits per heavy atom. The molecule has 1 aliphatic rings. The van der Waals surface area contributed by atoms with Gasteiger partial charge in [0.15, 0.2) is 0 Å². The first-order valence-electron chi connectivity index (χ1n) is 7.18. The van der Waals surface area contributed by atoms with Crippen LogP contribution < -0.4 is 10.1 Å². The standard InChI is InChI=1S/C16H25NO/c1-4-17-13(3)6-5-7-15-11-14-10-12(2)8-9-16(14)18-15/h8-10,13,15,17H,4-7,11H2,1-3H3. The van der Waals surface area contributed by atoms with Crippen LogP contribution in [0, 0.1) is 6.92 Å². The molecule has 0 amide bonds. The molecule has 2 rings (SSSR count). The lowest BCUT2D eigenvalue weighted by molar-refractivity contribution is 0.215. The van der Waals surface area contributed by atoms with E-state index in [1.165, 1.54) is 30.4 Å². The van der Waals surface area contributed by atoms with Gasteiger partial charge in [-0.05, 0) is 51.3 Å². The lowest BCUT2D eigenvalue weighted by atomic mass is 10.0. The average molecular weight is 247 g/mol. The van der Waals surface area contributed by atoms with Crippen LogP contribution in [0.5, 0.6) is 5.75 Å². The van der Waals surface area contributed by atoms with E-state index in [0.29, 0.717) is 12.1 Å². The minimum absolute atomic E-state index is 0.399. The van der Waals surface area contributed by atoms with Crippen LogP contribution in [-0.2, 0) is 6.42 Å². The van der Waals surface area contributed by atoms with Crippen molar-refractivity contribution in [1.82, 2.24) is 5.32 Å². The number of aryl methyl sites for hydroxylation is 1. The van der Waals surface area contributed by atoms with E-state index >= 15 is 0 Å². The van der Waals surface area contributed by atoms with Crippen molar-refractivity contribution in [3.05, 3.63) is 29.3 Å². The Kier molecular flexibility index (Phi) is 4.65. The van der Waals surface area contributed by atoms with Gasteiger partial charge in [0, 0.05) is 12.5 Å². The molecule has 2 nitrogen and oxygen atoms in total. The van der Waals surface area contributed by atoms with Crippen LogP contribution in [0.2, 0.25) is 0 Å². The molecule has 1 aromatic rings. The van der Waals surface area contributed by atoms with E-state index in [1.54, 1.807) is 0 Å². The first kappa shape index (κ1) is 13.4. The van der Waals surface area contributed by atoms with E-state index in [2.05, 4.69) is 44.3 Å². The molecule has 0 radical (unpaired) electrons. The molecule has 1 N–H and O–H groups in total. The first-order valence-corrected chi connectivity index (χ1v) is 7.18. The van der Waals surface area contributed by atoms with Gasteiger partial charge in [-0.15, -0.1) is 0 Å². The Hall–Kier alpha value is -1.02. The highest BCUT2D eigenvalue weighted by molar-refractivity contribution is 5.40. The smallest absolute Gasteiger partial charge is 0.123 e. The number of hydrogen-bond donors (Lipinski definition) is 1. The quantitative estimate of drug-likeness (QED) is 0.831. The molecular weight excluding hydrogens is 222 g/mol. The third-order valence-corrected chi connectivity index (χ3v) is 3.67. The zero-order valence-corrected chi connectivity index (χ0v) is 11.8. The second-order valence-corrected chi connectivity index (χ2v) is 5.44. The normalized spacial score (nSPS) is 19.4. The second-order valence-electron chi connectivity index (χ2n) is 5.44. The van der Waals surface area contributed by atoms with E-state index in [1.807, 2.05) is 0 Å². The highest BCUT2D eigenvalue weighted by Gasteiger charge is 2.22. The Labute approximate surface area is 111 Å². The Morgan fingerprint density at radius 3 is 3.06 bits per heavy atom. The molecule has 1 aliphatic heterocycles. The van der Waals surface area contributed by atoms with Gasteiger partial charge in [-0.25, -0.2) is 0 Å². The first-order chi connectivity index (χ1) is 8.69. The van der Waals surface area contributed by atoms with Gasteiger partial charge >= 0.3 is 0 Å². The third-order valence-electron chi connectivity index (χ3n) is 3.67. The SMILES string of the molecule is CCNC(C)CCCC1Cc2cc(C)ccc2O1. The van der Waals surface area contributed by atoms with Gasteiger partial charge in [-0.3, -0.25) is 0 Å². The molecule has 18 heavy (non-hydrogen) atoms. The summed E-state index contributed by atoms with van der Waals surface area (Å²) in [5.74, 6) is 1.10. The number of benzene rings is 1. The van der Waals surface area contributed by atoms with E-state index in [0.717, 1.165) is 18.7 Å². The van der Waals surface area contributed by atoms with Crippen molar-refractivity contribution in [2.24, 2.45) is 0 Å². The summed E-state index contributed by atoms with van der Waals surface area (Å²) >= 11 is 0. The van der Waals surface area contributed by atoms with Gasteiger partial charge in [0.1, 0.15) is 11.9 Å². The monoisotopic (exact) mass is 247 g/mol. The van der Waals surface area contributed by atoms with E-state index in [-0.39, 0.29) is 0 Å². The summed E-state index contributed by atoms with van der Waals surface area (Å²) in [6, 6.07) is 7.14. The van der Waals surface area contributed by atoms with E-state index in [9.17, 15) is 0 Å². The van der Waals surface area contributed by atoms with Crippen molar-refractivity contribution in [3.63, 3.8) is 0 Å². The fourth-order valence-electron chi connectivity index (χ4n) is 2.71. The van der Waals surface area contributed by atoms with E-state index < -0.39 is 0 Å². The summed E-state index contributed by atoms with van der Waals surface area (Å²) in [4.78, 5) is 0. The maximum absolute atomic E-state index is 5.98. The van der Waals surface area contributed by atoms with Crippen molar-refractivity contribution < 1.29 is 4.74 Å². The third kappa shape index (κ3) is 3.49. The Morgan fingerprint density at radius 1 is 1.44 bits per heavy atom. The van der Waals surface area contributed by atoms with Crippen molar-refractivity contribution in [3.8, 4) is 5.75 Å². The number of nitrogens with one attached hydrogen (secondary N) is 1. The van der Waals surface area contributed by atoms with Gasteiger partial charge in [-0.2, -0.15) is 0 Å². The molecule has 0 aromatic heterocycles. The molecular formula is C16H25NO. The van der Waals surface area contributed by atoms with Gasteiger partial charge in [0.2, 0.25) is 0 Å². The fourth-order valence-corrected chi connectivity index (χ4v) is 2.71. The summed E-state index contributed by atoms with van der Waals surface area (Å²) in [6.07, 6.45) is 5.14. The van der Waals surface area contributed by atoms with Crippen LogP contribution in [0.1, 0.15) is 44.2 Å². The zero-order chi connectivity index (χ0) is 13.0. The van der Waals surface area contributed by atoms with Gasteiger partial charge in [0.05, 0.1) is 0 Å². The number of rotatable bonds is 6. The lowest BCUT2D eigenvalue weighted by Crippen LogP contribution is -2.25. The summed E-state index contributed by atoms with van der Waals surface area (Å²) in [5, 5.41) is 3.45. The van der Waals surface area contributed by atoms with Crippen molar-refractivity contribution in [2.75, 3.05) is 6.54 Å². The summed E-state index contributed by atoms with van der Waals surface area (Å²) in [7, 11) is 0. The summed E-state index contributed by atoms with van der Waals surface area (Å²) in [6.45, 7) is 7.63. The molecule has 0 bridgehead atoms. The molecule has 0 saturated heterocycles. The highest BCUT2D eigenvalue weighted by atomic mass is 16.5. The Balaban J connectivity index is 1.74. The predicted molar refractivity (Wildman–Crippen MR) is 76.3 cm³/mol. The van der Waals surface area contributed by atoms with Crippen molar-refractivity contribution in [2.45, 2.75) is 58.6 Å². The molecule has 0 fully saturated rings. The van der Waals surface area contributed by atoms with Crippen LogP contribution in [0.25, 0.3) is 0 Å². The van der Waals surface area contributed by atoms with Crippen LogP contribution >= 0.6 is 0 Å². The summed E-state index contributed by atoms with van der Waals surface area (Å²) < 4.78 is 5.98. The second kappa shape index (κ2) is 6.24. The predicted octanol–water partition coefficient (Wildman–Crippen LogP) is 3.47. The van der Waals surface area contributed by atoms with Gasteiger partial charge in [0.25, 0.3) is 0 Å². The number of ether oxygens (including phenoxy) is 1. The highest BCUT2D eigenvalue weighted by Crippen LogP contribution is 2.31. The molecule has 1 aromatic carbocycles. The molecule has 2 heteroatoms. The van der Waals surface area contributed by atoms with Gasteiger partial charge in [-0.1, -0.05) is 24.6 Å². The molecule has 2 unspecified atom stereocenters. The molecule has 1 heterocycles. The Bertz CT molecular complexity index is 389. The molecule has 0 saturated carbocycles. The molecule has 0 aliphatic carbocycles. The van der Waals surface area contributed by atoms with Gasteiger partial charge < -0.3 is 10.1 Å². The van der Waals surface area contributed by atoms with E-state index in [4.69, 9.17) is 4.74 Å².